The minimum absolute atomic E-state index is 0.206. The molecule has 1 aromatic carbocycles. The summed E-state index contributed by atoms with van der Waals surface area (Å²) in [6.07, 6.45) is 4.77. The molecular weight excluding hydrogens is 190 g/mol. The standard InChI is InChI=1S/C12H13NO2/c1-4-9-13(12(14)15-3)11-8-6-5-7-10(11)2/h1,5-8H,9H2,2-3H3. The van der Waals surface area contributed by atoms with Gasteiger partial charge in [-0.05, 0) is 18.6 Å². The number of methoxy groups -OCH3 is 1. The number of ether oxygens (including phenoxy) is 1. The fourth-order valence-corrected chi connectivity index (χ4v) is 1.32. The van der Waals surface area contributed by atoms with Crippen molar-refractivity contribution in [3.63, 3.8) is 0 Å². The SMILES string of the molecule is C#CCN(C(=O)OC)c1ccccc1C. The molecule has 0 saturated heterocycles. The Morgan fingerprint density at radius 3 is 2.73 bits per heavy atom. The number of carbonyl (C=O) groups is 1. The quantitative estimate of drug-likeness (QED) is 0.689. The smallest absolute Gasteiger partial charge is 0.414 e. The Labute approximate surface area is 89.7 Å². The largest absolute Gasteiger partial charge is 0.452 e. The molecule has 0 heterocycles. The molecule has 0 aliphatic carbocycles. The molecule has 0 aromatic heterocycles. The summed E-state index contributed by atoms with van der Waals surface area (Å²) in [7, 11) is 1.34. The van der Waals surface area contributed by atoms with Gasteiger partial charge in [-0.1, -0.05) is 24.1 Å². The highest BCUT2D eigenvalue weighted by Gasteiger charge is 2.15. The third-order valence-corrected chi connectivity index (χ3v) is 2.05. The van der Waals surface area contributed by atoms with Crippen LogP contribution in [0.1, 0.15) is 5.56 Å². The second-order valence-electron chi connectivity index (χ2n) is 3.05. The zero-order chi connectivity index (χ0) is 11.3. The van der Waals surface area contributed by atoms with Crippen molar-refractivity contribution in [1.82, 2.24) is 0 Å². The number of anilines is 1. The van der Waals surface area contributed by atoms with E-state index in [0.29, 0.717) is 0 Å². The van der Waals surface area contributed by atoms with Crippen LogP contribution in [-0.2, 0) is 4.74 Å². The van der Waals surface area contributed by atoms with E-state index in [-0.39, 0.29) is 6.54 Å². The number of hydrogen-bond acceptors (Lipinski definition) is 2. The van der Waals surface area contributed by atoms with Crippen LogP contribution in [0.15, 0.2) is 24.3 Å². The number of carbonyl (C=O) groups excluding carboxylic acids is 1. The number of rotatable bonds is 2. The molecule has 0 N–H and O–H groups in total. The van der Waals surface area contributed by atoms with Gasteiger partial charge in [0.1, 0.15) is 0 Å². The zero-order valence-corrected chi connectivity index (χ0v) is 8.86. The maximum absolute atomic E-state index is 11.5. The molecule has 3 heteroatoms. The predicted molar refractivity (Wildman–Crippen MR) is 59.8 cm³/mol. The molecule has 0 saturated carbocycles. The molecule has 0 aliphatic heterocycles. The van der Waals surface area contributed by atoms with Crippen LogP contribution in [0.25, 0.3) is 0 Å². The predicted octanol–water partition coefficient (Wildman–Crippen LogP) is 2.20. The number of nitrogens with zero attached hydrogens (tertiary/aromatic N) is 1. The minimum Gasteiger partial charge on any atom is -0.452 e. The van der Waals surface area contributed by atoms with Gasteiger partial charge in [0, 0.05) is 0 Å². The Kier molecular flexibility index (Phi) is 3.75. The van der Waals surface area contributed by atoms with Gasteiger partial charge in [-0.25, -0.2) is 4.79 Å². The molecule has 0 spiro atoms. The summed E-state index contributed by atoms with van der Waals surface area (Å²) >= 11 is 0. The van der Waals surface area contributed by atoms with E-state index in [0.717, 1.165) is 11.3 Å². The third kappa shape index (κ3) is 2.50. The van der Waals surface area contributed by atoms with E-state index in [1.54, 1.807) is 0 Å². The van der Waals surface area contributed by atoms with Gasteiger partial charge < -0.3 is 4.74 Å². The second kappa shape index (κ2) is 5.06. The van der Waals surface area contributed by atoms with E-state index in [1.165, 1.54) is 12.0 Å². The normalized spacial score (nSPS) is 9.13. The van der Waals surface area contributed by atoms with Crippen LogP contribution in [0.4, 0.5) is 10.5 Å². The minimum atomic E-state index is -0.442. The van der Waals surface area contributed by atoms with Crippen molar-refractivity contribution >= 4 is 11.8 Å². The van der Waals surface area contributed by atoms with Crippen LogP contribution in [0.2, 0.25) is 0 Å². The number of aryl methyl sites for hydroxylation is 1. The molecule has 1 amide bonds. The first-order valence-corrected chi connectivity index (χ1v) is 4.55. The van der Waals surface area contributed by atoms with Gasteiger partial charge in [-0.3, -0.25) is 4.90 Å². The molecule has 0 unspecified atom stereocenters. The maximum atomic E-state index is 11.5. The van der Waals surface area contributed by atoms with Crippen molar-refractivity contribution in [2.24, 2.45) is 0 Å². The highest BCUT2D eigenvalue weighted by molar-refractivity contribution is 5.88. The van der Waals surface area contributed by atoms with E-state index < -0.39 is 6.09 Å². The van der Waals surface area contributed by atoms with Crippen LogP contribution in [0.5, 0.6) is 0 Å². The van der Waals surface area contributed by atoms with Crippen LogP contribution in [0, 0.1) is 19.3 Å². The molecule has 0 aliphatic rings. The first-order valence-electron chi connectivity index (χ1n) is 4.55. The fraction of sp³-hybridized carbons (Fsp3) is 0.250. The number of terminal acetylenes is 1. The van der Waals surface area contributed by atoms with Gasteiger partial charge >= 0.3 is 6.09 Å². The van der Waals surface area contributed by atoms with Crippen molar-refractivity contribution in [3.8, 4) is 12.3 Å². The Morgan fingerprint density at radius 1 is 1.53 bits per heavy atom. The molecule has 78 valence electrons. The maximum Gasteiger partial charge on any atom is 0.414 e. The lowest BCUT2D eigenvalue weighted by Gasteiger charge is -2.20. The van der Waals surface area contributed by atoms with Crippen molar-refractivity contribution in [1.29, 1.82) is 0 Å². The molecule has 1 aromatic rings. The third-order valence-electron chi connectivity index (χ3n) is 2.05. The highest BCUT2D eigenvalue weighted by Crippen LogP contribution is 2.19. The average Bonchev–Trinajstić information content (AvgIpc) is 2.26. The highest BCUT2D eigenvalue weighted by atomic mass is 16.5. The van der Waals surface area contributed by atoms with E-state index >= 15 is 0 Å². The van der Waals surface area contributed by atoms with Crippen LogP contribution in [0.3, 0.4) is 0 Å². The average molecular weight is 203 g/mol. The second-order valence-corrected chi connectivity index (χ2v) is 3.05. The topological polar surface area (TPSA) is 29.5 Å². The monoisotopic (exact) mass is 203 g/mol. The summed E-state index contributed by atoms with van der Waals surface area (Å²) in [6.45, 7) is 2.12. The van der Waals surface area contributed by atoms with E-state index in [1.807, 2.05) is 31.2 Å². The van der Waals surface area contributed by atoms with Gasteiger partial charge in [-0.2, -0.15) is 0 Å². The van der Waals surface area contributed by atoms with E-state index in [2.05, 4.69) is 10.7 Å². The lowest BCUT2D eigenvalue weighted by Crippen LogP contribution is -2.31. The number of para-hydroxylation sites is 1. The molecule has 0 fully saturated rings. The Morgan fingerprint density at radius 2 is 2.20 bits per heavy atom. The molecule has 15 heavy (non-hydrogen) atoms. The summed E-state index contributed by atoms with van der Waals surface area (Å²) in [6, 6.07) is 7.52. The van der Waals surface area contributed by atoms with Gasteiger partial charge in [0.25, 0.3) is 0 Å². The summed E-state index contributed by atoms with van der Waals surface area (Å²) in [5.41, 5.74) is 1.76. The van der Waals surface area contributed by atoms with Crippen molar-refractivity contribution in [3.05, 3.63) is 29.8 Å². The Balaban J connectivity index is 3.05. The Bertz CT molecular complexity index is 393. The summed E-state index contributed by atoms with van der Waals surface area (Å²) < 4.78 is 4.67. The van der Waals surface area contributed by atoms with Crippen molar-refractivity contribution in [2.45, 2.75) is 6.92 Å². The van der Waals surface area contributed by atoms with Crippen LogP contribution in [-0.4, -0.2) is 19.7 Å². The summed E-state index contributed by atoms with van der Waals surface area (Å²) in [4.78, 5) is 12.9. The fourth-order valence-electron chi connectivity index (χ4n) is 1.32. The van der Waals surface area contributed by atoms with Gasteiger partial charge in [-0.15, -0.1) is 6.42 Å². The first-order chi connectivity index (χ1) is 7.20. The van der Waals surface area contributed by atoms with Gasteiger partial charge in [0.2, 0.25) is 0 Å². The lowest BCUT2D eigenvalue weighted by atomic mass is 10.2. The van der Waals surface area contributed by atoms with Gasteiger partial charge in [0.15, 0.2) is 0 Å². The lowest BCUT2D eigenvalue weighted by molar-refractivity contribution is 0.179. The summed E-state index contributed by atoms with van der Waals surface area (Å²) in [5.74, 6) is 2.43. The molecule has 0 radical (unpaired) electrons. The molecule has 3 nitrogen and oxygen atoms in total. The zero-order valence-electron chi connectivity index (χ0n) is 8.86. The number of hydrogen-bond donors (Lipinski definition) is 0. The van der Waals surface area contributed by atoms with E-state index in [9.17, 15) is 4.79 Å². The van der Waals surface area contributed by atoms with Gasteiger partial charge in [0.05, 0.1) is 19.3 Å². The number of benzene rings is 1. The van der Waals surface area contributed by atoms with Crippen LogP contribution >= 0.6 is 0 Å². The summed E-state index contributed by atoms with van der Waals surface area (Å²) in [5, 5.41) is 0. The van der Waals surface area contributed by atoms with Crippen LogP contribution < -0.4 is 4.90 Å². The van der Waals surface area contributed by atoms with E-state index in [4.69, 9.17) is 6.42 Å². The van der Waals surface area contributed by atoms with Crippen molar-refractivity contribution in [2.75, 3.05) is 18.6 Å². The molecular formula is C12H13NO2. The Hall–Kier alpha value is -1.95. The molecule has 1 rings (SSSR count). The molecule has 0 atom stereocenters. The first kappa shape index (κ1) is 11.1. The van der Waals surface area contributed by atoms with Crippen molar-refractivity contribution < 1.29 is 9.53 Å². The molecule has 0 bridgehead atoms. The number of amides is 1.